The molecule has 0 bridgehead atoms. The van der Waals surface area contributed by atoms with Gasteiger partial charge >= 0.3 is 336 Å². The van der Waals surface area contributed by atoms with Gasteiger partial charge in [-0.3, -0.25) is 0 Å². The summed E-state index contributed by atoms with van der Waals surface area (Å²) in [5, 5.41) is 0. The Bertz CT molecular complexity index is 1980. The van der Waals surface area contributed by atoms with E-state index in [2.05, 4.69) is 106 Å². The molecule has 11 heteroatoms. The smallest absolute Gasteiger partial charge is 1.00 e. The predicted octanol–water partition coefficient (Wildman–Crippen LogP) is 3.70. The fourth-order valence-corrected chi connectivity index (χ4v) is 10.2. The van der Waals surface area contributed by atoms with Crippen LogP contribution in [0.15, 0.2) is 72.8 Å². The zero-order valence-electron chi connectivity index (χ0n) is 34.9. The van der Waals surface area contributed by atoms with E-state index in [0.717, 1.165) is 18.7 Å². The SMILES string of the molecule is COc1ccc(C(=O)N2C(=O)C(C)Oc3c(/[CH]=[Ru+2]/[CH]4N(c5c(C(C)C)cccc5C(C)C)CCN4c4c(C(C)C)cccc4C(C)C)cccc32)c(OC)c1.[Cl-].[Cl-]. The van der Waals surface area contributed by atoms with Gasteiger partial charge in [-0.1, -0.05) is 0 Å². The van der Waals surface area contributed by atoms with Crippen LogP contribution >= 0.6 is 0 Å². The van der Waals surface area contributed by atoms with E-state index in [-0.39, 0.29) is 35.1 Å². The molecule has 0 radical (unpaired) electrons. The second-order valence-electron chi connectivity index (χ2n) is 15.6. The van der Waals surface area contributed by atoms with Crippen molar-refractivity contribution >= 4 is 33.5 Å². The quantitative estimate of drug-likeness (QED) is 0.168. The van der Waals surface area contributed by atoms with E-state index in [0.29, 0.717) is 46.6 Å². The van der Waals surface area contributed by atoms with Crippen LogP contribution in [-0.2, 0) is 21.5 Å². The number of nitrogens with zero attached hydrogens (tertiary/aromatic N) is 3. The summed E-state index contributed by atoms with van der Waals surface area (Å²) in [5.41, 5.74) is 9.77. The molecule has 4 aromatic rings. The number of para-hydroxylation sites is 3. The Morgan fingerprint density at radius 2 is 1.23 bits per heavy atom. The number of imide groups is 1. The summed E-state index contributed by atoms with van der Waals surface area (Å²) < 4.78 is 19.7. The predicted molar refractivity (Wildman–Crippen MR) is 221 cm³/mol. The number of halogens is 2. The van der Waals surface area contributed by atoms with E-state index in [1.54, 1.807) is 38.3 Å². The van der Waals surface area contributed by atoms with Crippen molar-refractivity contribution in [2.75, 3.05) is 42.0 Å². The van der Waals surface area contributed by atoms with E-state index in [1.165, 1.54) is 45.6 Å². The monoisotopic (exact) mass is 902 g/mol. The van der Waals surface area contributed by atoms with Crippen molar-refractivity contribution in [1.82, 2.24) is 0 Å². The minimum atomic E-state index is -0.858. The van der Waals surface area contributed by atoms with Gasteiger partial charge in [0.25, 0.3) is 0 Å². The summed E-state index contributed by atoms with van der Waals surface area (Å²) in [5.74, 6) is 1.96. The summed E-state index contributed by atoms with van der Waals surface area (Å²) in [4.78, 5) is 34.6. The molecule has 4 aromatic carbocycles. The normalized spacial score (nSPS) is 15.7. The number of ether oxygens (including phenoxy) is 3. The topological polar surface area (TPSA) is 71.6 Å². The molecule has 2 aliphatic heterocycles. The molecular formula is C46H56Cl2N3O5Ru. The van der Waals surface area contributed by atoms with E-state index in [1.807, 2.05) is 12.1 Å². The molecule has 0 aliphatic carbocycles. The fraction of sp³-hybridized carbons (Fsp3) is 0.413. The number of hydrogen-bond donors (Lipinski definition) is 0. The van der Waals surface area contributed by atoms with Crippen molar-refractivity contribution in [3.63, 3.8) is 0 Å². The number of anilines is 3. The zero-order valence-corrected chi connectivity index (χ0v) is 38.1. The molecule has 6 rings (SSSR count). The second kappa shape index (κ2) is 19.2. The van der Waals surface area contributed by atoms with Gasteiger partial charge in [0.2, 0.25) is 0 Å². The number of carbonyl (C=O) groups excluding carboxylic acids is 2. The van der Waals surface area contributed by atoms with Crippen LogP contribution in [0, 0.1) is 0 Å². The third-order valence-electron chi connectivity index (χ3n) is 10.6. The number of carbonyl (C=O) groups is 2. The van der Waals surface area contributed by atoms with Crippen LogP contribution in [0.3, 0.4) is 0 Å². The minimum absolute atomic E-state index is 0. The molecule has 1 saturated heterocycles. The maximum Gasteiger partial charge on any atom is -1.00 e. The van der Waals surface area contributed by atoms with Crippen molar-refractivity contribution in [2.24, 2.45) is 0 Å². The van der Waals surface area contributed by atoms with Crippen LogP contribution in [0.5, 0.6) is 17.2 Å². The third kappa shape index (κ3) is 8.91. The van der Waals surface area contributed by atoms with Gasteiger partial charge in [0.15, 0.2) is 0 Å². The number of amides is 2. The van der Waals surface area contributed by atoms with E-state index >= 15 is 0 Å². The number of rotatable bonds is 11. The van der Waals surface area contributed by atoms with Gasteiger partial charge in [-0.15, -0.1) is 0 Å². The van der Waals surface area contributed by atoms with Gasteiger partial charge < -0.3 is 24.8 Å². The average Bonchev–Trinajstić information content (AvgIpc) is 3.59. The van der Waals surface area contributed by atoms with Crippen LogP contribution in [0.25, 0.3) is 0 Å². The standard InChI is InChI=1S/C27H39N2.C19H17NO5.2ClH.Ru/c1-18(2)22-11-9-12-23(19(3)4)26(22)28-15-16-29(17-28)27-24(20(5)6)13-10-14-25(27)21(7)8;1-11-6-5-7-15-17(11)25-12(2)18(21)20(15)19(22)14-9-8-13(23-3)10-16(14)24-4;;;/h9-14,17-21H,15-16H2,1-8H3;1,5-10,12H,2-4H3;2*1H;/q;;;;+2/p-2. The Hall–Kier alpha value is -3.91. The molecule has 0 spiro atoms. The molecule has 1 fully saturated rings. The van der Waals surface area contributed by atoms with Crippen LogP contribution in [-0.4, -0.2) is 54.6 Å². The molecule has 307 valence electrons. The first-order chi connectivity index (χ1) is 26.3. The molecule has 1 atom stereocenters. The summed E-state index contributed by atoms with van der Waals surface area (Å²) in [6, 6.07) is 24.4. The Morgan fingerprint density at radius 3 is 1.68 bits per heavy atom. The first-order valence-corrected chi connectivity index (χ1v) is 21.4. The first-order valence-electron chi connectivity index (χ1n) is 19.4. The molecule has 57 heavy (non-hydrogen) atoms. The van der Waals surface area contributed by atoms with Crippen molar-refractivity contribution in [3.8, 4) is 17.2 Å². The van der Waals surface area contributed by atoms with Gasteiger partial charge in [-0.05, 0) is 0 Å². The van der Waals surface area contributed by atoms with Gasteiger partial charge in [-0.2, -0.15) is 0 Å². The molecule has 0 saturated carbocycles. The Kier molecular flexibility index (Phi) is 15.4. The van der Waals surface area contributed by atoms with Crippen molar-refractivity contribution < 1.29 is 65.3 Å². The molecule has 8 nitrogen and oxygen atoms in total. The summed E-state index contributed by atoms with van der Waals surface area (Å²) >= 11 is -0.472. The maximum absolute atomic E-state index is 14.2. The van der Waals surface area contributed by atoms with Crippen molar-refractivity contribution in [1.29, 1.82) is 0 Å². The second-order valence-corrected chi connectivity index (χ2v) is 17.6. The first kappa shape index (κ1) is 45.8. The van der Waals surface area contributed by atoms with Gasteiger partial charge in [-0.25, -0.2) is 0 Å². The van der Waals surface area contributed by atoms with Crippen LogP contribution in [0.4, 0.5) is 17.1 Å². The van der Waals surface area contributed by atoms with Crippen molar-refractivity contribution in [3.05, 3.63) is 106 Å². The average molecular weight is 903 g/mol. The van der Waals surface area contributed by atoms with E-state index in [9.17, 15) is 9.59 Å². The zero-order chi connectivity index (χ0) is 39.7. The molecule has 2 heterocycles. The molecule has 2 amide bonds. The Labute approximate surface area is 359 Å². The molecule has 2 aliphatic rings. The van der Waals surface area contributed by atoms with Crippen LogP contribution in [0.2, 0.25) is 0 Å². The number of benzene rings is 4. The van der Waals surface area contributed by atoms with Crippen LogP contribution in [0.1, 0.15) is 124 Å². The third-order valence-corrected chi connectivity index (χ3v) is 13.0. The van der Waals surface area contributed by atoms with Gasteiger partial charge in [0, 0.05) is 0 Å². The van der Waals surface area contributed by atoms with Crippen LogP contribution < -0.4 is 53.7 Å². The summed E-state index contributed by atoms with van der Waals surface area (Å²) in [6.07, 6.45) is -0.858. The molecule has 0 N–H and O–H groups in total. The summed E-state index contributed by atoms with van der Waals surface area (Å²) in [7, 11) is 3.06. The Balaban J connectivity index is 0.00000360. The molecule has 0 aromatic heterocycles. The number of hydrogen-bond acceptors (Lipinski definition) is 7. The minimum Gasteiger partial charge on any atom is -1.00 e. The number of methoxy groups -OCH3 is 2. The van der Waals surface area contributed by atoms with Crippen molar-refractivity contribution in [2.45, 2.75) is 96.8 Å². The van der Waals surface area contributed by atoms with E-state index < -0.39 is 34.6 Å². The fourth-order valence-electron chi connectivity index (χ4n) is 7.71. The molecule has 1 unspecified atom stereocenters. The Morgan fingerprint density at radius 1 is 0.737 bits per heavy atom. The number of fused-ring (bicyclic) bond motifs is 1. The van der Waals surface area contributed by atoms with Gasteiger partial charge in [0.1, 0.15) is 0 Å². The molecular weight excluding hydrogens is 846 g/mol. The maximum atomic E-state index is 14.2. The van der Waals surface area contributed by atoms with E-state index in [4.69, 9.17) is 14.2 Å². The largest absolute Gasteiger partial charge is 1.00 e. The summed E-state index contributed by atoms with van der Waals surface area (Å²) in [6.45, 7) is 21.9. The van der Waals surface area contributed by atoms with Gasteiger partial charge in [0.05, 0.1) is 0 Å².